The number of aromatic nitrogens is 3. The molecule has 0 aliphatic rings. The molecule has 1 aromatic heterocycles. The maximum Gasteiger partial charge on any atom is 0.362 e. The summed E-state index contributed by atoms with van der Waals surface area (Å²) in [5.74, 6) is 0. The highest BCUT2D eigenvalue weighted by Crippen LogP contribution is 1.89. The lowest BCUT2D eigenvalue weighted by atomic mass is 11.3. The SMILES string of the molecule is CSn1cnc(=O)[nH]1. The maximum absolute atomic E-state index is 10.2. The van der Waals surface area contributed by atoms with E-state index in [4.69, 9.17) is 0 Å². The average molecular weight is 131 g/mol. The van der Waals surface area contributed by atoms with Gasteiger partial charge in [-0.3, -0.25) is 0 Å². The van der Waals surface area contributed by atoms with Crippen LogP contribution in [0.4, 0.5) is 0 Å². The second kappa shape index (κ2) is 2.04. The molecule has 0 fully saturated rings. The zero-order chi connectivity index (χ0) is 5.98. The van der Waals surface area contributed by atoms with Gasteiger partial charge < -0.3 is 0 Å². The van der Waals surface area contributed by atoms with Crippen LogP contribution in [0.5, 0.6) is 0 Å². The lowest BCUT2D eigenvalue weighted by Gasteiger charge is -1.86. The van der Waals surface area contributed by atoms with E-state index in [1.54, 1.807) is 0 Å². The van der Waals surface area contributed by atoms with Crippen LogP contribution in [0.3, 0.4) is 0 Å². The van der Waals surface area contributed by atoms with Crippen molar-refractivity contribution >= 4 is 11.9 Å². The van der Waals surface area contributed by atoms with E-state index in [-0.39, 0.29) is 5.69 Å². The zero-order valence-corrected chi connectivity index (χ0v) is 5.10. The second-order valence-electron chi connectivity index (χ2n) is 1.17. The number of H-pyrrole nitrogens is 1. The topological polar surface area (TPSA) is 50.7 Å². The number of nitrogens with zero attached hydrogens (tertiary/aromatic N) is 2. The van der Waals surface area contributed by atoms with E-state index in [9.17, 15) is 4.79 Å². The summed E-state index contributed by atoms with van der Waals surface area (Å²) in [6.07, 6.45) is 3.28. The Labute approximate surface area is 50.0 Å². The van der Waals surface area contributed by atoms with E-state index < -0.39 is 0 Å². The van der Waals surface area contributed by atoms with Crippen molar-refractivity contribution in [3.63, 3.8) is 0 Å². The molecule has 44 valence electrons. The van der Waals surface area contributed by atoms with Gasteiger partial charge in [0.1, 0.15) is 6.33 Å². The molecule has 0 radical (unpaired) electrons. The van der Waals surface area contributed by atoms with E-state index in [0.29, 0.717) is 0 Å². The predicted molar refractivity (Wildman–Crippen MR) is 31.8 cm³/mol. The third-order valence-electron chi connectivity index (χ3n) is 0.682. The van der Waals surface area contributed by atoms with Crippen molar-refractivity contribution < 1.29 is 0 Å². The quantitative estimate of drug-likeness (QED) is 0.569. The van der Waals surface area contributed by atoms with Crippen LogP contribution in [0, 0.1) is 0 Å². The largest absolute Gasteiger partial charge is 0.362 e. The minimum Gasteiger partial charge on any atom is -0.244 e. The molecule has 0 unspecified atom stereocenters. The van der Waals surface area contributed by atoms with Gasteiger partial charge in [-0.25, -0.2) is 14.0 Å². The average Bonchev–Trinajstić information content (AvgIpc) is 2.14. The van der Waals surface area contributed by atoms with E-state index in [1.165, 1.54) is 22.4 Å². The van der Waals surface area contributed by atoms with Gasteiger partial charge in [-0.2, -0.15) is 4.98 Å². The third kappa shape index (κ3) is 0.919. The Hall–Kier alpha value is -0.710. The van der Waals surface area contributed by atoms with Gasteiger partial charge in [-0.05, 0) is 11.9 Å². The summed E-state index contributed by atoms with van der Waals surface area (Å²) in [6, 6.07) is 0. The molecule has 0 aliphatic heterocycles. The van der Waals surface area contributed by atoms with Crippen LogP contribution in [-0.2, 0) is 0 Å². The smallest absolute Gasteiger partial charge is 0.244 e. The standard InChI is InChI=1S/C3H5N3OS/c1-8-6-2-4-3(7)5-6/h2H,1H3,(H,5,7). The summed E-state index contributed by atoms with van der Waals surface area (Å²) >= 11 is 1.39. The third-order valence-corrected chi connectivity index (χ3v) is 1.26. The van der Waals surface area contributed by atoms with Gasteiger partial charge in [0.25, 0.3) is 0 Å². The molecule has 8 heavy (non-hydrogen) atoms. The summed E-state index contributed by atoms with van der Waals surface area (Å²) in [4.78, 5) is 13.7. The molecular formula is C3H5N3OS. The molecule has 5 heteroatoms. The van der Waals surface area contributed by atoms with Crippen LogP contribution in [-0.4, -0.2) is 20.4 Å². The fraction of sp³-hybridized carbons (Fsp3) is 0.333. The first-order valence-electron chi connectivity index (χ1n) is 2.01. The van der Waals surface area contributed by atoms with E-state index in [1.807, 2.05) is 6.26 Å². The minimum atomic E-state index is -0.306. The van der Waals surface area contributed by atoms with Crippen molar-refractivity contribution in [3.05, 3.63) is 16.8 Å². The molecular weight excluding hydrogens is 126 g/mol. The molecule has 0 saturated heterocycles. The van der Waals surface area contributed by atoms with Crippen LogP contribution >= 0.6 is 11.9 Å². The van der Waals surface area contributed by atoms with E-state index in [0.717, 1.165) is 0 Å². The second-order valence-corrected chi connectivity index (χ2v) is 1.93. The summed E-state index contributed by atoms with van der Waals surface area (Å²) < 4.78 is 1.53. The predicted octanol–water partition coefficient (Wildman–Crippen LogP) is -0.303. The number of hydrogen-bond donors (Lipinski definition) is 1. The molecule has 1 rings (SSSR count). The highest BCUT2D eigenvalue weighted by molar-refractivity contribution is 7.97. The van der Waals surface area contributed by atoms with Crippen molar-refractivity contribution in [1.29, 1.82) is 0 Å². The highest BCUT2D eigenvalue weighted by atomic mass is 32.2. The maximum atomic E-state index is 10.2. The fourth-order valence-electron chi connectivity index (χ4n) is 0.350. The van der Waals surface area contributed by atoms with E-state index >= 15 is 0 Å². The van der Waals surface area contributed by atoms with Crippen molar-refractivity contribution in [2.24, 2.45) is 0 Å². The first-order valence-corrected chi connectivity index (χ1v) is 3.19. The van der Waals surface area contributed by atoms with Gasteiger partial charge in [0, 0.05) is 6.26 Å². The molecule has 0 saturated carbocycles. The van der Waals surface area contributed by atoms with Gasteiger partial charge in [0.05, 0.1) is 0 Å². The minimum absolute atomic E-state index is 0.306. The monoisotopic (exact) mass is 131 g/mol. The van der Waals surface area contributed by atoms with Crippen molar-refractivity contribution in [3.8, 4) is 0 Å². The molecule has 0 spiro atoms. The van der Waals surface area contributed by atoms with Gasteiger partial charge in [-0.1, -0.05) is 0 Å². The number of nitrogens with one attached hydrogen (secondary N) is 1. The zero-order valence-electron chi connectivity index (χ0n) is 4.29. The fourth-order valence-corrected chi connectivity index (χ4v) is 0.660. The lowest BCUT2D eigenvalue weighted by Crippen LogP contribution is -2.02. The number of hydrogen-bond acceptors (Lipinski definition) is 3. The summed E-state index contributed by atoms with van der Waals surface area (Å²) in [6.45, 7) is 0. The molecule has 1 aromatic rings. The van der Waals surface area contributed by atoms with Gasteiger partial charge in [-0.15, -0.1) is 0 Å². The van der Waals surface area contributed by atoms with Gasteiger partial charge in [0.15, 0.2) is 0 Å². The van der Waals surface area contributed by atoms with Crippen LogP contribution < -0.4 is 5.69 Å². The number of aromatic amines is 1. The van der Waals surface area contributed by atoms with Crippen LogP contribution in [0.2, 0.25) is 0 Å². The Morgan fingerprint density at radius 2 is 2.75 bits per heavy atom. The molecule has 0 atom stereocenters. The van der Waals surface area contributed by atoms with Crippen LogP contribution in [0.25, 0.3) is 0 Å². The normalized spacial score (nSPS) is 9.62. The van der Waals surface area contributed by atoms with Crippen LogP contribution in [0.1, 0.15) is 0 Å². The van der Waals surface area contributed by atoms with Crippen molar-refractivity contribution in [2.45, 2.75) is 0 Å². The molecule has 0 aromatic carbocycles. The molecule has 4 nitrogen and oxygen atoms in total. The first kappa shape index (κ1) is 5.43. The lowest BCUT2D eigenvalue weighted by molar-refractivity contribution is 0.985. The highest BCUT2D eigenvalue weighted by Gasteiger charge is 1.85. The summed E-state index contributed by atoms with van der Waals surface area (Å²) in [5.41, 5.74) is -0.306. The number of rotatable bonds is 1. The molecule has 0 aliphatic carbocycles. The van der Waals surface area contributed by atoms with Crippen LogP contribution in [0.15, 0.2) is 11.1 Å². The summed E-state index contributed by atoms with van der Waals surface area (Å²) in [5, 5.41) is 2.44. The Kier molecular flexibility index (Phi) is 1.38. The van der Waals surface area contributed by atoms with Gasteiger partial charge in [0.2, 0.25) is 0 Å². The van der Waals surface area contributed by atoms with E-state index in [2.05, 4.69) is 10.1 Å². The molecule has 0 amide bonds. The molecule has 1 heterocycles. The summed E-state index contributed by atoms with van der Waals surface area (Å²) in [7, 11) is 0. The Balaban J connectivity index is 3.01. The van der Waals surface area contributed by atoms with Crippen molar-refractivity contribution in [2.75, 3.05) is 6.26 Å². The molecule has 1 N–H and O–H groups in total. The molecule has 0 bridgehead atoms. The van der Waals surface area contributed by atoms with Crippen molar-refractivity contribution in [1.82, 2.24) is 14.2 Å². The first-order chi connectivity index (χ1) is 3.83. The Morgan fingerprint density at radius 3 is 3.00 bits per heavy atom. The van der Waals surface area contributed by atoms with Gasteiger partial charge >= 0.3 is 5.69 Å². The Morgan fingerprint density at radius 1 is 2.00 bits per heavy atom. The Bertz CT molecular complexity index is 214.